The Morgan fingerprint density at radius 3 is 2.05 bits per heavy atom. The summed E-state index contributed by atoms with van der Waals surface area (Å²) in [5.74, 6) is -0.961. The van der Waals surface area contributed by atoms with Crippen molar-refractivity contribution in [2.45, 2.75) is 112 Å². The van der Waals surface area contributed by atoms with Gasteiger partial charge in [-0.1, -0.05) is 84.8 Å². The third-order valence-electron chi connectivity index (χ3n) is 7.31. The van der Waals surface area contributed by atoms with Crippen LogP contribution in [0.3, 0.4) is 0 Å². The van der Waals surface area contributed by atoms with E-state index in [-0.39, 0.29) is 18.8 Å². The predicted molar refractivity (Wildman–Crippen MR) is 220 cm³/mol. The highest BCUT2D eigenvalue weighted by Gasteiger charge is 2.32. The van der Waals surface area contributed by atoms with Crippen molar-refractivity contribution in [3.05, 3.63) is 59.7 Å². The number of aromatic nitrogens is 1. The molecule has 0 saturated carbocycles. The number of benzene rings is 2. The molecule has 0 saturated heterocycles. The van der Waals surface area contributed by atoms with E-state index in [1.54, 1.807) is 47.6 Å². The molecule has 3 rings (SSSR count). The molecule has 3 N–H and O–H groups in total. The molecule has 2 aromatic carbocycles. The van der Waals surface area contributed by atoms with E-state index in [4.69, 9.17) is 58.5 Å². The molecule has 1 heterocycles. The average molecular weight is 861 g/mol. The summed E-state index contributed by atoms with van der Waals surface area (Å²) in [5, 5.41) is 6.49. The van der Waals surface area contributed by atoms with Gasteiger partial charge in [-0.3, -0.25) is 0 Å². The van der Waals surface area contributed by atoms with Crippen molar-refractivity contribution in [2.75, 3.05) is 19.0 Å². The summed E-state index contributed by atoms with van der Waals surface area (Å²) in [4.78, 5) is 56.1. The minimum absolute atomic E-state index is 0.000117. The number of thioether (sulfide) groups is 1. The molecule has 0 aliphatic heterocycles. The fraction of sp³-hybridized carbons (Fsp3) is 0.526. The first-order valence-corrected chi connectivity index (χ1v) is 23.5. The number of carbonyl (C=O) groups excluding carboxylic acids is 4. The fourth-order valence-corrected chi connectivity index (χ4v) is 6.79. The number of hydrogen-bond donors (Lipinski definition) is 3. The molecular formula is C38H52Cl3N3O9SSi. The number of carbonyl (C=O) groups is 4. The third kappa shape index (κ3) is 17.6. The van der Waals surface area contributed by atoms with Gasteiger partial charge in [0.15, 0.2) is 0 Å². The first-order chi connectivity index (χ1) is 25.4. The van der Waals surface area contributed by atoms with Gasteiger partial charge >= 0.3 is 24.1 Å². The van der Waals surface area contributed by atoms with Gasteiger partial charge in [-0.05, 0) is 70.8 Å². The highest BCUT2D eigenvalue weighted by Crippen LogP contribution is 2.34. The van der Waals surface area contributed by atoms with Gasteiger partial charge in [0, 0.05) is 31.7 Å². The van der Waals surface area contributed by atoms with Gasteiger partial charge in [-0.25, -0.2) is 19.2 Å². The molecule has 2 amide bonds. The first-order valence-electron chi connectivity index (χ1n) is 17.7. The van der Waals surface area contributed by atoms with E-state index < -0.39 is 65.9 Å². The van der Waals surface area contributed by atoms with Crippen LogP contribution in [0, 0.1) is 0 Å². The molecule has 0 aliphatic carbocycles. The average Bonchev–Trinajstić information content (AvgIpc) is 3.38. The second-order valence-electron chi connectivity index (χ2n) is 16.0. The number of aromatic amines is 1. The number of amides is 2. The normalized spacial score (nSPS) is 13.4. The molecule has 0 spiro atoms. The molecule has 2 unspecified atom stereocenters. The minimum atomic E-state index is -1.90. The number of alkyl halides is 3. The maximum absolute atomic E-state index is 13.5. The van der Waals surface area contributed by atoms with Crippen molar-refractivity contribution in [2.24, 2.45) is 0 Å². The number of alkyl carbamates (subject to hydrolysis) is 2. The second kappa shape index (κ2) is 19.7. The Balaban J connectivity index is 2.02. The SMILES string of the molecule is CC(C)(C)OC(=O)NC(CSc1[nH]c2cc(OCc3ccccc3)ccc2c1CC(NC(=O)OCC[Si](C)(C)C)C(=O)OCC(Cl)(Cl)Cl)C(=O)OC(C)(C)C. The van der Waals surface area contributed by atoms with Crippen LogP contribution in [0.25, 0.3) is 10.9 Å². The molecule has 0 radical (unpaired) electrons. The molecule has 2 atom stereocenters. The lowest BCUT2D eigenvalue weighted by Gasteiger charge is -2.26. The smallest absolute Gasteiger partial charge is 0.408 e. The van der Waals surface area contributed by atoms with Gasteiger partial charge < -0.3 is 39.3 Å². The van der Waals surface area contributed by atoms with Gasteiger partial charge in [0.2, 0.25) is 3.79 Å². The van der Waals surface area contributed by atoms with Crippen LogP contribution < -0.4 is 15.4 Å². The molecule has 0 fully saturated rings. The van der Waals surface area contributed by atoms with E-state index in [2.05, 4.69) is 35.3 Å². The minimum Gasteiger partial charge on any atom is -0.489 e. The first kappa shape index (κ1) is 46.1. The summed E-state index contributed by atoms with van der Waals surface area (Å²) < 4.78 is 26.0. The molecule has 1 aromatic heterocycles. The van der Waals surface area contributed by atoms with Gasteiger partial charge in [0.25, 0.3) is 0 Å². The highest BCUT2D eigenvalue weighted by molar-refractivity contribution is 7.99. The quantitative estimate of drug-likeness (QED) is 0.0418. The van der Waals surface area contributed by atoms with Crippen LogP contribution in [-0.2, 0) is 41.6 Å². The van der Waals surface area contributed by atoms with Crippen molar-refractivity contribution in [1.29, 1.82) is 0 Å². The van der Waals surface area contributed by atoms with E-state index in [0.717, 1.165) is 11.6 Å². The van der Waals surface area contributed by atoms with Crippen LogP contribution >= 0.6 is 46.6 Å². The Morgan fingerprint density at radius 1 is 0.818 bits per heavy atom. The van der Waals surface area contributed by atoms with Crippen molar-refractivity contribution >= 4 is 89.7 Å². The zero-order valence-corrected chi connectivity index (χ0v) is 36.8. The molecule has 0 aliphatic rings. The lowest BCUT2D eigenvalue weighted by molar-refractivity contribution is -0.156. The zero-order valence-electron chi connectivity index (χ0n) is 32.7. The van der Waals surface area contributed by atoms with Gasteiger partial charge in [0.1, 0.15) is 42.2 Å². The number of esters is 2. The summed E-state index contributed by atoms with van der Waals surface area (Å²) in [6, 6.07) is 13.4. The van der Waals surface area contributed by atoms with Crippen molar-refractivity contribution < 1.29 is 42.9 Å². The predicted octanol–water partition coefficient (Wildman–Crippen LogP) is 8.96. The Morgan fingerprint density at radius 2 is 1.45 bits per heavy atom. The Kier molecular flexibility index (Phi) is 16.5. The van der Waals surface area contributed by atoms with E-state index in [9.17, 15) is 19.2 Å². The number of rotatable bonds is 16. The number of fused-ring (bicyclic) bond motifs is 1. The van der Waals surface area contributed by atoms with Crippen LogP contribution in [0.5, 0.6) is 5.75 Å². The summed E-state index contributed by atoms with van der Waals surface area (Å²) in [6.45, 7) is 16.7. The maximum atomic E-state index is 13.5. The largest absolute Gasteiger partial charge is 0.489 e. The van der Waals surface area contributed by atoms with Gasteiger partial charge in [0.05, 0.1) is 17.1 Å². The van der Waals surface area contributed by atoms with Crippen LogP contribution in [0.4, 0.5) is 9.59 Å². The monoisotopic (exact) mass is 859 g/mol. The second-order valence-corrected chi connectivity index (χ2v) is 25.2. The molecule has 17 heteroatoms. The standard InChI is InChI=1S/C38H52Cl3N3O9SSi/c1-36(2,3)52-33(46)30(44-35(48)53-37(4,5)6)22-54-31-27(26-16-15-25(19-28(26)42-31)50-21-24-13-11-10-12-14-24)20-29(32(45)51-23-38(39,40)41)43-34(47)49-17-18-55(7,8)9/h10-16,19,29-30,42H,17-18,20-23H2,1-9H3,(H,43,47)(H,44,48). The number of nitrogens with one attached hydrogen (secondary N) is 3. The highest BCUT2D eigenvalue weighted by atomic mass is 35.6. The van der Waals surface area contributed by atoms with E-state index >= 15 is 0 Å². The number of halogens is 3. The van der Waals surface area contributed by atoms with Crippen LogP contribution in [0.2, 0.25) is 25.7 Å². The van der Waals surface area contributed by atoms with Crippen molar-refractivity contribution in [1.82, 2.24) is 15.6 Å². The molecule has 3 aromatic rings. The lowest BCUT2D eigenvalue weighted by atomic mass is 10.0. The summed E-state index contributed by atoms with van der Waals surface area (Å²) in [7, 11) is -1.53. The summed E-state index contributed by atoms with van der Waals surface area (Å²) in [5.41, 5.74) is 0.558. The molecule has 0 bridgehead atoms. The Bertz CT molecular complexity index is 1770. The molecular weight excluding hydrogens is 809 g/mol. The van der Waals surface area contributed by atoms with E-state index in [1.807, 2.05) is 42.5 Å². The molecule has 12 nitrogen and oxygen atoms in total. The zero-order chi connectivity index (χ0) is 41.2. The Labute approximate surface area is 343 Å². The summed E-state index contributed by atoms with van der Waals surface area (Å²) in [6.07, 6.45) is -1.70. The summed E-state index contributed by atoms with van der Waals surface area (Å²) >= 11 is 18.8. The van der Waals surface area contributed by atoms with Crippen LogP contribution in [-0.4, -0.2) is 83.2 Å². The van der Waals surface area contributed by atoms with E-state index in [0.29, 0.717) is 33.8 Å². The van der Waals surface area contributed by atoms with Crippen molar-refractivity contribution in [3.63, 3.8) is 0 Å². The fourth-order valence-electron chi connectivity index (χ4n) is 4.81. The van der Waals surface area contributed by atoms with E-state index in [1.165, 1.54) is 11.8 Å². The van der Waals surface area contributed by atoms with Gasteiger partial charge in [-0.15, -0.1) is 11.8 Å². The third-order valence-corrected chi connectivity index (χ3v) is 10.5. The topological polar surface area (TPSA) is 154 Å². The van der Waals surface area contributed by atoms with Crippen LogP contribution in [0.15, 0.2) is 53.6 Å². The molecule has 55 heavy (non-hydrogen) atoms. The number of H-pyrrole nitrogens is 1. The van der Waals surface area contributed by atoms with Crippen molar-refractivity contribution in [3.8, 4) is 5.75 Å². The van der Waals surface area contributed by atoms with Gasteiger partial charge in [-0.2, -0.15) is 0 Å². The number of hydrogen-bond acceptors (Lipinski definition) is 10. The Hall–Kier alpha value is -3.30. The maximum Gasteiger partial charge on any atom is 0.408 e. The molecule has 304 valence electrons. The lowest BCUT2D eigenvalue weighted by Crippen LogP contribution is -2.47. The van der Waals surface area contributed by atoms with Crippen LogP contribution in [0.1, 0.15) is 52.7 Å². The number of ether oxygens (including phenoxy) is 5.